The summed E-state index contributed by atoms with van der Waals surface area (Å²) < 4.78 is 10.7. The number of carbonyl (C=O) groups excluding carboxylic acids is 2. The number of unbranched alkanes of at least 4 members (excludes halogenated alkanes) is 23. The molecule has 0 amide bonds. The van der Waals surface area contributed by atoms with E-state index < -0.39 is 6.10 Å². The van der Waals surface area contributed by atoms with Crippen LogP contribution in [0.25, 0.3) is 0 Å². The molecule has 1 atom stereocenters. The number of ether oxygens (including phenoxy) is 2. The Labute approximate surface area is 445 Å². The number of aliphatic hydroxyl groups is 1. The fourth-order valence-corrected chi connectivity index (χ4v) is 7.99. The maximum atomic E-state index is 12.3. The summed E-state index contributed by atoms with van der Waals surface area (Å²) in [5, 5.41) is 9.66. The first kappa shape index (κ1) is 68.0. The van der Waals surface area contributed by atoms with Crippen LogP contribution in [0.3, 0.4) is 0 Å². The van der Waals surface area contributed by atoms with Crippen LogP contribution in [0.15, 0.2) is 134 Å². The number of aliphatic hydroxyl groups excluding tert-OH is 1. The highest BCUT2D eigenvalue weighted by atomic mass is 16.6. The molecular formula is C67H110O5. The standard InChI is InChI=1S/C67H110O5/c1-3-5-7-9-11-13-15-17-19-21-23-25-27-28-29-30-31-32-33-34-35-36-37-38-40-42-44-46-48-50-52-54-56-58-60-62-67(70)72-65(63-68)64-71-66(69)61-59-57-55-53-51-49-47-45-43-41-39-26-24-22-20-18-16-14-12-10-8-6-4-2/h5,7,11,13,17,19,22-25,28-29,31-32,34-35,37-38,42,44,48,50,65,68H,3-4,6,8-10,12,14-16,18,20-21,26-27,30,33,36,39-41,43,45-47,49,51-64H2,1-2H3/b7-5-,13-11-,19-17-,24-22-,25-23-,29-28-,32-31-,35-34-,38-37-,44-42-,50-48-. The molecule has 0 bridgehead atoms. The molecule has 72 heavy (non-hydrogen) atoms. The largest absolute Gasteiger partial charge is 0.462 e. The average Bonchev–Trinajstić information content (AvgIpc) is 3.38. The van der Waals surface area contributed by atoms with Gasteiger partial charge in [-0.25, -0.2) is 0 Å². The van der Waals surface area contributed by atoms with Crippen molar-refractivity contribution in [3.05, 3.63) is 134 Å². The van der Waals surface area contributed by atoms with Gasteiger partial charge in [0.15, 0.2) is 6.10 Å². The lowest BCUT2D eigenvalue weighted by Crippen LogP contribution is -2.28. The summed E-state index contributed by atoms with van der Waals surface area (Å²) >= 11 is 0. The van der Waals surface area contributed by atoms with Gasteiger partial charge >= 0.3 is 11.9 Å². The molecule has 0 fully saturated rings. The highest BCUT2D eigenvalue weighted by Gasteiger charge is 2.16. The van der Waals surface area contributed by atoms with Crippen molar-refractivity contribution in [1.29, 1.82) is 0 Å². The summed E-state index contributed by atoms with van der Waals surface area (Å²) in [6, 6.07) is 0. The summed E-state index contributed by atoms with van der Waals surface area (Å²) in [4.78, 5) is 24.5. The van der Waals surface area contributed by atoms with Crippen LogP contribution in [0.2, 0.25) is 0 Å². The Bertz CT molecular complexity index is 1500. The fourth-order valence-electron chi connectivity index (χ4n) is 7.99. The lowest BCUT2D eigenvalue weighted by molar-refractivity contribution is -0.161. The molecule has 0 heterocycles. The van der Waals surface area contributed by atoms with E-state index in [9.17, 15) is 14.7 Å². The number of carbonyl (C=O) groups is 2. The number of hydrogen-bond acceptors (Lipinski definition) is 5. The first-order valence-electron chi connectivity index (χ1n) is 29.7. The molecule has 0 aromatic heterocycles. The van der Waals surface area contributed by atoms with Crippen LogP contribution in [0, 0.1) is 0 Å². The predicted octanol–water partition coefficient (Wildman–Crippen LogP) is 20.4. The van der Waals surface area contributed by atoms with Crippen LogP contribution in [-0.4, -0.2) is 36.4 Å². The van der Waals surface area contributed by atoms with E-state index in [1.165, 1.54) is 116 Å². The Morgan fingerprint density at radius 1 is 0.333 bits per heavy atom. The van der Waals surface area contributed by atoms with Crippen LogP contribution in [0.4, 0.5) is 0 Å². The van der Waals surface area contributed by atoms with Crippen molar-refractivity contribution in [2.75, 3.05) is 13.2 Å². The van der Waals surface area contributed by atoms with Gasteiger partial charge in [0.2, 0.25) is 0 Å². The molecule has 0 spiro atoms. The molecule has 1 unspecified atom stereocenters. The molecule has 5 heteroatoms. The van der Waals surface area contributed by atoms with Crippen molar-refractivity contribution < 1.29 is 24.2 Å². The van der Waals surface area contributed by atoms with E-state index in [0.717, 1.165) is 116 Å². The van der Waals surface area contributed by atoms with Crippen molar-refractivity contribution in [3.8, 4) is 0 Å². The van der Waals surface area contributed by atoms with E-state index >= 15 is 0 Å². The maximum Gasteiger partial charge on any atom is 0.306 e. The van der Waals surface area contributed by atoms with E-state index in [4.69, 9.17) is 9.47 Å². The third kappa shape index (κ3) is 58.6. The number of rotatable bonds is 53. The quantitative estimate of drug-likeness (QED) is 0.0373. The third-order valence-corrected chi connectivity index (χ3v) is 12.4. The van der Waals surface area contributed by atoms with Crippen LogP contribution >= 0.6 is 0 Å². The van der Waals surface area contributed by atoms with Gasteiger partial charge in [-0.05, 0) is 116 Å². The second-order valence-corrected chi connectivity index (χ2v) is 19.3. The molecule has 0 radical (unpaired) electrons. The topological polar surface area (TPSA) is 72.8 Å². The summed E-state index contributed by atoms with van der Waals surface area (Å²) in [6.07, 6.45) is 91.4. The monoisotopic (exact) mass is 995 g/mol. The van der Waals surface area contributed by atoms with E-state index in [1.807, 2.05) is 0 Å². The first-order chi connectivity index (χ1) is 35.6. The number of esters is 2. The van der Waals surface area contributed by atoms with Crippen molar-refractivity contribution in [2.24, 2.45) is 0 Å². The van der Waals surface area contributed by atoms with Gasteiger partial charge in [-0.15, -0.1) is 0 Å². The molecule has 1 N–H and O–H groups in total. The molecule has 0 rings (SSSR count). The van der Waals surface area contributed by atoms with Gasteiger partial charge in [0.05, 0.1) is 6.61 Å². The minimum atomic E-state index is -0.796. The van der Waals surface area contributed by atoms with Crippen molar-refractivity contribution in [1.82, 2.24) is 0 Å². The zero-order valence-corrected chi connectivity index (χ0v) is 46.6. The number of hydrogen-bond donors (Lipinski definition) is 1. The highest BCUT2D eigenvalue weighted by Crippen LogP contribution is 2.15. The van der Waals surface area contributed by atoms with Crippen LogP contribution in [0.5, 0.6) is 0 Å². The predicted molar refractivity (Wildman–Crippen MR) is 315 cm³/mol. The highest BCUT2D eigenvalue weighted by molar-refractivity contribution is 5.70. The van der Waals surface area contributed by atoms with Gasteiger partial charge in [0, 0.05) is 12.8 Å². The summed E-state index contributed by atoms with van der Waals surface area (Å²) in [7, 11) is 0. The summed E-state index contributed by atoms with van der Waals surface area (Å²) in [5.74, 6) is -0.624. The van der Waals surface area contributed by atoms with Crippen molar-refractivity contribution in [2.45, 2.75) is 264 Å². The van der Waals surface area contributed by atoms with Crippen molar-refractivity contribution in [3.63, 3.8) is 0 Å². The van der Waals surface area contributed by atoms with Crippen molar-refractivity contribution >= 4 is 11.9 Å². The maximum absolute atomic E-state index is 12.3. The van der Waals surface area contributed by atoms with Gasteiger partial charge in [-0.1, -0.05) is 263 Å². The third-order valence-electron chi connectivity index (χ3n) is 12.4. The molecule has 0 aliphatic rings. The van der Waals surface area contributed by atoms with Gasteiger partial charge in [0.1, 0.15) is 6.61 Å². The van der Waals surface area contributed by atoms with E-state index in [2.05, 4.69) is 148 Å². The average molecular weight is 996 g/mol. The Kier molecular flexibility index (Phi) is 58.0. The van der Waals surface area contributed by atoms with Gasteiger partial charge in [-0.2, -0.15) is 0 Å². The lowest BCUT2D eigenvalue weighted by atomic mass is 10.0. The molecule has 0 aliphatic carbocycles. The second-order valence-electron chi connectivity index (χ2n) is 19.3. The summed E-state index contributed by atoms with van der Waals surface area (Å²) in [6.45, 7) is 4.01. The van der Waals surface area contributed by atoms with Gasteiger partial charge in [0.25, 0.3) is 0 Å². The Morgan fingerprint density at radius 2 is 0.597 bits per heavy atom. The Morgan fingerprint density at radius 3 is 0.917 bits per heavy atom. The van der Waals surface area contributed by atoms with Crippen LogP contribution < -0.4 is 0 Å². The minimum absolute atomic E-state index is 0.0835. The minimum Gasteiger partial charge on any atom is -0.462 e. The summed E-state index contributed by atoms with van der Waals surface area (Å²) in [5.41, 5.74) is 0. The second kappa shape index (κ2) is 61.3. The first-order valence-corrected chi connectivity index (χ1v) is 29.7. The zero-order chi connectivity index (χ0) is 52.0. The van der Waals surface area contributed by atoms with E-state index in [-0.39, 0.29) is 25.2 Å². The Balaban J connectivity index is 3.63. The fraction of sp³-hybridized carbons (Fsp3) is 0.642. The molecule has 5 nitrogen and oxygen atoms in total. The molecule has 0 aromatic rings. The number of allylic oxidation sites excluding steroid dienone is 22. The lowest BCUT2D eigenvalue weighted by Gasteiger charge is -2.15. The smallest absolute Gasteiger partial charge is 0.306 e. The molecule has 0 aliphatic heterocycles. The van der Waals surface area contributed by atoms with Gasteiger partial charge in [-0.3, -0.25) is 9.59 Å². The van der Waals surface area contributed by atoms with E-state index in [0.29, 0.717) is 12.8 Å². The SMILES string of the molecule is CC/C=C\C/C=C\C/C=C\C/C=C\C/C=C\C/C=C\C/C=C\C/C=C\C/C=C\C/C=C\CCCCCCC(=O)OC(CO)COC(=O)CCCCCCCCCCCCC/C=C\CCCCCCCCCC. The molecular weight excluding hydrogens is 885 g/mol. The molecule has 408 valence electrons. The van der Waals surface area contributed by atoms with E-state index in [1.54, 1.807) is 0 Å². The molecule has 0 saturated carbocycles. The Hall–Kier alpha value is -3.96. The van der Waals surface area contributed by atoms with Crippen LogP contribution in [-0.2, 0) is 19.1 Å². The van der Waals surface area contributed by atoms with Crippen LogP contribution in [0.1, 0.15) is 258 Å². The normalized spacial score (nSPS) is 13.2. The van der Waals surface area contributed by atoms with Gasteiger partial charge < -0.3 is 14.6 Å². The zero-order valence-electron chi connectivity index (χ0n) is 46.6. The molecule has 0 saturated heterocycles. The molecule has 0 aromatic carbocycles.